The smallest absolute Gasteiger partial charge is 0.381 e. The minimum absolute atomic E-state index is 0.0111. The molecule has 3 heterocycles. The third-order valence-electron chi connectivity index (χ3n) is 5.82. The second kappa shape index (κ2) is 7.88. The van der Waals surface area contributed by atoms with Crippen molar-refractivity contribution in [2.75, 3.05) is 13.1 Å². The van der Waals surface area contributed by atoms with E-state index in [1.165, 1.54) is 32.2 Å². The molecule has 2 aliphatic heterocycles. The zero-order chi connectivity index (χ0) is 25.1. The van der Waals surface area contributed by atoms with E-state index in [0.717, 1.165) is 23.1 Å². The maximum absolute atomic E-state index is 15.1. The fourth-order valence-electron chi connectivity index (χ4n) is 3.89. The molecule has 1 amide bonds. The van der Waals surface area contributed by atoms with Crippen molar-refractivity contribution in [3.8, 4) is 0 Å². The van der Waals surface area contributed by atoms with Gasteiger partial charge in [-0.3, -0.25) is 9.78 Å². The predicted molar refractivity (Wildman–Crippen MR) is 111 cm³/mol. The van der Waals surface area contributed by atoms with Crippen LogP contribution in [-0.2, 0) is 20.9 Å². The Morgan fingerprint density at radius 3 is 2.41 bits per heavy atom. The molecular weight excluding hydrogens is 485 g/mol. The van der Waals surface area contributed by atoms with E-state index in [2.05, 4.69) is 10.1 Å². The fraction of sp³-hybridized carbons (Fsp3) is 0.409. The molecule has 12 heteroatoms. The van der Waals surface area contributed by atoms with Gasteiger partial charge in [-0.25, -0.2) is 8.78 Å². The van der Waals surface area contributed by atoms with Gasteiger partial charge >= 0.3 is 6.18 Å². The van der Waals surface area contributed by atoms with Crippen molar-refractivity contribution in [1.29, 1.82) is 0 Å². The van der Waals surface area contributed by atoms with Crippen LogP contribution in [0, 0.1) is 5.82 Å². The van der Waals surface area contributed by atoms with Gasteiger partial charge in [0.25, 0.3) is 11.5 Å². The van der Waals surface area contributed by atoms with E-state index in [0.29, 0.717) is 0 Å². The summed E-state index contributed by atoms with van der Waals surface area (Å²) in [5, 5.41) is 12.9. The molecule has 1 atom stereocenters. The molecular formula is C22H19ClF5N3O3. The van der Waals surface area contributed by atoms with Gasteiger partial charge in [-0.15, -0.1) is 0 Å². The molecule has 0 spiro atoms. The summed E-state index contributed by atoms with van der Waals surface area (Å²) in [6, 6.07) is 5.24. The maximum atomic E-state index is 15.1. The number of pyridine rings is 1. The Morgan fingerprint density at radius 2 is 1.88 bits per heavy atom. The van der Waals surface area contributed by atoms with Crippen molar-refractivity contribution < 1.29 is 36.7 Å². The number of benzene rings is 1. The topological polar surface area (TPSA) is 75.0 Å². The van der Waals surface area contributed by atoms with Gasteiger partial charge in [-0.1, -0.05) is 22.8 Å². The Morgan fingerprint density at radius 1 is 1.21 bits per heavy atom. The van der Waals surface area contributed by atoms with Gasteiger partial charge in [0.05, 0.1) is 35.9 Å². The first kappa shape index (κ1) is 24.3. The van der Waals surface area contributed by atoms with Crippen LogP contribution in [0.4, 0.5) is 22.0 Å². The highest BCUT2D eigenvalue weighted by Gasteiger charge is 2.62. The standard InChI is InChI=1S/C22H19ClF5N3O3/c1-19(2,33)18(32)31-10-20(25,11-31)17-6-3-12(9-29-17)16-8-21(34-30-16,22(26,27)28)13-4-5-15(24)14(23)7-13/h3-7,9,33H,8,10-11H2,1-2H3. The Kier molecular flexibility index (Phi) is 5.64. The van der Waals surface area contributed by atoms with Crippen molar-refractivity contribution in [1.82, 2.24) is 9.88 Å². The quantitative estimate of drug-likeness (QED) is 0.634. The number of carbonyl (C=O) groups is 1. The number of carbonyl (C=O) groups excluding carboxylic acids is 1. The van der Waals surface area contributed by atoms with Crippen molar-refractivity contribution in [2.45, 2.75) is 43.3 Å². The summed E-state index contributed by atoms with van der Waals surface area (Å²) in [6.07, 6.45) is -4.46. The second-order valence-electron chi connectivity index (χ2n) is 8.88. The minimum Gasteiger partial charge on any atom is -0.381 e. The average molecular weight is 504 g/mol. The number of alkyl halides is 4. The number of aliphatic hydroxyl groups is 1. The zero-order valence-corrected chi connectivity index (χ0v) is 18.7. The van der Waals surface area contributed by atoms with E-state index in [4.69, 9.17) is 16.4 Å². The number of halogens is 6. The number of aromatic nitrogens is 1. The molecule has 0 radical (unpaired) electrons. The van der Waals surface area contributed by atoms with Crippen LogP contribution in [0.5, 0.6) is 0 Å². The largest absolute Gasteiger partial charge is 0.435 e. The molecule has 0 saturated carbocycles. The SMILES string of the molecule is CC(C)(O)C(=O)N1CC(F)(c2ccc(C3=NOC(c4ccc(F)c(Cl)c4)(C(F)(F)F)C3)cn2)C1. The lowest BCUT2D eigenvalue weighted by Crippen LogP contribution is -2.62. The molecule has 1 fully saturated rings. The van der Waals surface area contributed by atoms with Gasteiger partial charge in [-0.05, 0) is 38.1 Å². The minimum atomic E-state index is -4.90. The van der Waals surface area contributed by atoms with Crippen molar-refractivity contribution in [3.05, 3.63) is 64.2 Å². The average Bonchev–Trinajstić information content (AvgIpc) is 3.19. The van der Waals surface area contributed by atoms with E-state index in [-0.39, 0.29) is 30.1 Å². The predicted octanol–water partition coefficient (Wildman–Crippen LogP) is 4.23. The number of likely N-dealkylation sites (tertiary alicyclic amines) is 1. The van der Waals surface area contributed by atoms with E-state index in [1.807, 2.05) is 0 Å². The lowest BCUT2D eigenvalue weighted by atomic mass is 9.86. The van der Waals surface area contributed by atoms with Gasteiger partial charge in [0.15, 0.2) is 5.67 Å². The highest BCUT2D eigenvalue weighted by Crippen LogP contribution is 2.49. The van der Waals surface area contributed by atoms with E-state index >= 15 is 4.39 Å². The summed E-state index contributed by atoms with van der Waals surface area (Å²) in [5.74, 6) is -1.50. The van der Waals surface area contributed by atoms with E-state index in [1.54, 1.807) is 0 Å². The normalized spacial score (nSPS) is 22.1. The molecule has 4 rings (SSSR count). The summed E-state index contributed by atoms with van der Waals surface area (Å²) in [5.41, 5.74) is -6.79. The fourth-order valence-corrected chi connectivity index (χ4v) is 4.07. The maximum Gasteiger partial charge on any atom is 0.435 e. The molecule has 1 N–H and O–H groups in total. The lowest BCUT2D eigenvalue weighted by molar-refractivity contribution is -0.275. The first-order valence-corrected chi connectivity index (χ1v) is 10.5. The number of oxime groups is 1. The van der Waals surface area contributed by atoms with Crippen LogP contribution < -0.4 is 0 Å². The van der Waals surface area contributed by atoms with Gasteiger partial charge in [0.2, 0.25) is 0 Å². The molecule has 6 nitrogen and oxygen atoms in total. The van der Waals surface area contributed by atoms with Crippen LogP contribution in [0.2, 0.25) is 5.02 Å². The third-order valence-corrected chi connectivity index (χ3v) is 6.11. The molecule has 1 unspecified atom stereocenters. The molecule has 2 aliphatic rings. The molecule has 0 aliphatic carbocycles. The van der Waals surface area contributed by atoms with Gasteiger partial charge in [0, 0.05) is 17.3 Å². The number of amides is 1. The molecule has 1 saturated heterocycles. The van der Waals surface area contributed by atoms with Crippen LogP contribution in [0.25, 0.3) is 0 Å². The summed E-state index contributed by atoms with van der Waals surface area (Å²) in [4.78, 5) is 22.1. The van der Waals surface area contributed by atoms with Crippen molar-refractivity contribution >= 4 is 23.2 Å². The molecule has 34 heavy (non-hydrogen) atoms. The van der Waals surface area contributed by atoms with Crippen LogP contribution in [0.15, 0.2) is 41.7 Å². The summed E-state index contributed by atoms with van der Waals surface area (Å²) >= 11 is 5.67. The lowest BCUT2D eigenvalue weighted by Gasteiger charge is -2.45. The summed E-state index contributed by atoms with van der Waals surface area (Å²) < 4.78 is 70.7. The Hall–Kier alpha value is -2.79. The van der Waals surface area contributed by atoms with Gasteiger partial charge in [0.1, 0.15) is 11.4 Å². The van der Waals surface area contributed by atoms with Crippen molar-refractivity contribution in [2.24, 2.45) is 5.16 Å². The van der Waals surface area contributed by atoms with Crippen LogP contribution in [0.1, 0.15) is 37.1 Å². The molecule has 1 aromatic heterocycles. The number of rotatable bonds is 4. The number of hydrogen-bond donors (Lipinski definition) is 1. The monoisotopic (exact) mass is 503 g/mol. The summed E-state index contributed by atoms with van der Waals surface area (Å²) in [6.45, 7) is 1.97. The van der Waals surface area contributed by atoms with E-state index in [9.17, 15) is 27.5 Å². The Balaban J connectivity index is 1.53. The van der Waals surface area contributed by atoms with Gasteiger partial charge in [-0.2, -0.15) is 13.2 Å². The first-order valence-electron chi connectivity index (χ1n) is 10.1. The molecule has 2 aromatic rings. The zero-order valence-electron chi connectivity index (χ0n) is 18.0. The first-order chi connectivity index (χ1) is 15.7. The van der Waals surface area contributed by atoms with E-state index < -0.39 is 51.8 Å². The molecule has 0 bridgehead atoms. The highest BCUT2D eigenvalue weighted by molar-refractivity contribution is 6.30. The van der Waals surface area contributed by atoms with Crippen LogP contribution >= 0.6 is 11.6 Å². The van der Waals surface area contributed by atoms with Crippen molar-refractivity contribution in [3.63, 3.8) is 0 Å². The second-order valence-corrected chi connectivity index (χ2v) is 9.28. The number of hydrogen-bond acceptors (Lipinski definition) is 5. The number of nitrogens with zero attached hydrogens (tertiary/aromatic N) is 3. The molecule has 182 valence electrons. The highest BCUT2D eigenvalue weighted by atomic mass is 35.5. The van der Waals surface area contributed by atoms with Gasteiger partial charge < -0.3 is 14.8 Å². The third kappa shape index (κ3) is 4.00. The Labute approximate surface area is 196 Å². The van der Waals surface area contributed by atoms with Crippen LogP contribution in [-0.4, -0.2) is 51.5 Å². The van der Waals surface area contributed by atoms with Crippen LogP contribution in [0.3, 0.4) is 0 Å². The Bertz CT molecular complexity index is 1160. The molecule has 1 aromatic carbocycles. The summed E-state index contributed by atoms with van der Waals surface area (Å²) in [7, 11) is 0.